The van der Waals surface area contributed by atoms with Crippen LogP contribution < -0.4 is 10.1 Å². The van der Waals surface area contributed by atoms with Gasteiger partial charge in [0.05, 0.1) is 0 Å². The van der Waals surface area contributed by atoms with Crippen molar-refractivity contribution in [3.63, 3.8) is 0 Å². The van der Waals surface area contributed by atoms with Gasteiger partial charge in [-0.15, -0.1) is 0 Å². The first-order valence-corrected chi connectivity index (χ1v) is 7.58. The molecule has 2 N–H and O–H groups in total. The molecule has 1 aliphatic rings. The second kappa shape index (κ2) is 7.43. The third-order valence-corrected chi connectivity index (χ3v) is 3.78. The quantitative estimate of drug-likeness (QED) is 0.642. The molecule has 1 aliphatic heterocycles. The van der Waals surface area contributed by atoms with Crippen LogP contribution in [-0.4, -0.2) is 42.2 Å². The van der Waals surface area contributed by atoms with Gasteiger partial charge in [0.25, 0.3) is 0 Å². The van der Waals surface area contributed by atoms with Crippen LogP contribution in [0.4, 0.5) is 0 Å². The highest BCUT2D eigenvalue weighted by Gasteiger charge is 2.22. The summed E-state index contributed by atoms with van der Waals surface area (Å²) in [7, 11) is 0. The summed E-state index contributed by atoms with van der Waals surface area (Å²) < 4.78 is 4.97. The van der Waals surface area contributed by atoms with Gasteiger partial charge in [0.2, 0.25) is 0 Å². The number of nitrogens with one attached hydrogen (secondary N) is 1. The van der Waals surface area contributed by atoms with E-state index in [1.165, 1.54) is 6.92 Å². The molecule has 0 spiro atoms. The van der Waals surface area contributed by atoms with Gasteiger partial charge in [0, 0.05) is 39.1 Å². The molecule has 1 aromatic rings. The molecule has 0 amide bonds. The van der Waals surface area contributed by atoms with Gasteiger partial charge in [0.1, 0.15) is 0 Å². The van der Waals surface area contributed by atoms with E-state index in [1.54, 1.807) is 12.1 Å². The average Bonchev–Trinajstić information content (AvgIpc) is 2.47. The summed E-state index contributed by atoms with van der Waals surface area (Å²) in [6.07, 6.45) is 2.13. The Bertz CT molecular complexity index is 484. The third kappa shape index (κ3) is 4.19. The third-order valence-electron chi connectivity index (χ3n) is 3.78. The summed E-state index contributed by atoms with van der Waals surface area (Å²) in [5.74, 6) is -0.175. The number of rotatable bonds is 5. The molecule has 5 nitrogen and oxygen atoms in total. The summed E-state index contributed by atoms with van der Waals surface area (Å²) in [6.45, 7) is 7.51. The molecule has 1 fully saturated rings. The van der Waals surface area contributed by atoms with Gasteiger partial charge in [-0.1, -0.05) is 19.4 Å². The van der Waals surface area contributed by atoms with Crippen molar-refractivity contribution in [3.8, 4) is 11.5 Å². The van der Waals surface area contributed by atoms with Gasteiger partial charge < -0.3 is 15.2 Å². The largest absolute Gasteiger partial charge is 0.504 e. The molecular weight excluding hydrogens is 268 g/mol. The maximum atomic E-state index is 11.0. The molecule has 0 aliphatic carbocycles. The number of esters is 1. The monoisotopic (exact) mass is 292 g/mol. The zero-order chi connectivity index (χ0) is 15.2. The molecule has 5 heteroatoms. The van der Waals surface area contributed by atoms with Crippen molar-refractivity contribution < 1.29 is 14.6 Å². The van der Waals surface area contributed by atoms with E-state index in [-0.39, 0.29) is 11.5 Å². The van der Waals surface area contributed by atoms with Crippen LogP contribution in [0.15, 0.2) is 18.2 Å². The first-order valence-electron chi connectivity index (χ1n) is 7.58. The Hall–Kier alpha value is -1.59. The Morgan fingerprint density at radius 1 is 1.43 bits per heavy atom. The number of hydrogen-bond acceptors (Lipinski definition) is 5. The first-order chi connectivity index (χ1) is 10.1. The summed E-state index contributed by atoms with van der Waals surface area (Å²) in [5, 5.41) is 13.4. The van der Waals surface area contributed by atoms with Crippen molar-refractivity contribution in [1.82, 2.24) is 10.2 Å². The van der Waals surface area contributed by atoms with Crippen LogP contribution in [0, 0.1) is 0 Å². The van der Waals surface area contributed by atoms with E-state index in [9.17, 15) is 9.90 Å². The first kappa shape index (κ1) is 15.8. The van der Waals surface area contributed by atoms with Gasteiger partial charge in [-0.25, -0.2) is 0 Å². The Kier molecular flexibility index (Phi) is 5.59. The van der Waals surface area contributed by atoms with Crippen LogP contribution in [0.5, 0.6) is 11.5 Å². The number of hydrogen-bond donors (Lipinski definition) is 2. The van der Waals surface area contributed by atoms with Gasteiger partial charge in [-0.3, -0.25) is 9.69 Å². The lowest BCUT2D eigenvalue weighted by Gasteiger charge is -2.35. The molecule has 0 bridgehead atoms. The number of nitrogens with zero attached hydrogens (tertiary/aromatic N) is 1. The van der Waals surface area contributed by atoms with E-state index in [2.05, 4.69) is 17.1 Å². The number of carbonyl (C=O) groups is 1. The van der Waals surface area contributed by atoms with Crippen molar-refractivity contribution in [2.24, 2.45) is 0 Å². The fourth-order valence-electron chi connectivity index (χ4n) is 2.81. The molecule has 0 unspecified atom stereocenters. The molecule has 0 aromatic heterocycles. The predicted molar refractivity (Wildman–Crippen MR) is 81.5 cm³/mol. The summed E-state index contributed by atoms with van der Waals surface area (Å²) in [6, 6.07) is 5.65. The molecular formula is C16H24N2O3. The van der Waals surface area contributed by atoms with Crippen LogP contribution >= 0.6 is 0 Å². The van der Waals surface area contributed by atoms with E-state index in [0.717, 1.165) is 44.6 Å². The number of aromatic hydroxyl groups is 1. The predicted octanol–water partition coefficient (Wildman–Crippen LogP) is 2.06. The highest BCUT2D eigenvalue weighted by atomic mass is 16.5. The smallest absolute Gasteiger partial charge is 0.308 e. The topological polar surface area (TPSA) is 61.8 Å². The minimum atomic E-state index is -0.426. The standard InChI is InChI=1S/C16H24N2O3/c1-3-4-14(18-9-7-17-8-10-18)13-5-6-16(15(20)11-13)21-12(2)19/h5-6,11,14,17,20H,3-4,7-10H2,1-2H3/t14-/m1/s1. The highest BCUT2D eigenvalue weighted by Crippen LogP contribution is 2.33. The minimum absolute atomic E-state index is 0.0268. The maximum Gasteiger partial charge on any atom is 0.308 e. The lowest BCUT2D eigenvalue weighted by atomic mass is 9.99. The Morgan fingerprint density at radius 3 is 2.71 bits per heavy atom. The SMILES string of the molecule is CCC[C@H](c1ccc(OC(C)=O)c(O)c1)N1CCNCC1. The van der Waals surface area contributed by atoms with Crippen LogP contribution in [0.25, 0.3) is 0 Å². The molecule has 0 saturated carbocycles. The van der Waals surface area contributed by atoms with Crippen molar-refractivity contribution in [1.29, 1.82) is 0 Å². The van der Waals surface area contributed by atoms with E-state index < -0.39 is 5.97 Å². The van der Waals surface area contributed by atoms with Crippen molar-refractivity contribution >= 4 is 5.97 Å². The van der Waals surface area contributed by atoms with E-state index in [4.69, 9.17) is 4.74 Å². The van der Waals surface area contributed by atoms with E-state index >= 15 is 0 Å². The number of ether oxygens (including phenoxy) is 1. The summed E-state index contributed by atoms with van der Waals surface area (Å²) in [5.41, 5.74) is 1.08. The fourth-order valence-corrected chi connectivity index (χ4v) is 2.81. The molecule has 0 radical (unpaired) electrons. The van der Waals surface area contributed by atoms with Gasteiger partial charge in [0.15, 0.2) is 11.5 Å². The molecule has 116 valence electrons. The number of piperazine rings is 1. The molecule has 1 heterocycles. The number of phenolic OH excluding ortho intramolecular Hbond substituents is 1. The lowest BCUT2D eigenvalue weighted by Crippen LogP contribution is -2.45. The van der Waals surface area contributed by atoms with Crippen LogP contribution in [0.1, 0.15) is 38.3 Å². The minimum Gasteiger partial charge on any atom is -0.504 e. The van der Waals surface area contributed by atoms with Gasteiger partial charge in [-0.05, 0) is 24.1 Å². The Labute approximate surface area is 125 Å². The van der Waals surface area contributed by atoms with Crippen LogP contribution in [0.2, 0.25) is 0 Å². The van der Waals surface area contributed by atoms with Crippen molar-refractivity contribution in [2.45, 2.75) is 32.7 Å². The summed E-state index contributed by atoms with van der Waals surface area (Å²) in [4.78, 5) is 13.4. The normalized spacial score (nSPS) is 17.4. The zero-order valence-electron chi connectivity index (χ0n) is 12.8. The van der Waals surface area contributed by atoms with Crippen molar-refractivity contribution in [2.75, 3.05) is 26.2 Å². The molecule has 2 rings (SSSR count). The molecule has 21 heavy (non-hydrogen) atoms. The molecule has 1 atom stereocenters. The molecule has 1 aromatic carbocycles. The second-order valence-corrected chi connectivity index (χ2v) is 5.41. The fraction of sp³-hybridized carbons (Fsp3) is 0.562. The average molecular weight is 292 g/mol. The second-order valence-electron chi connectivity index (χ2n) is 5.41. The Balaban J connectivity index is 2.19. The van der Waals surface area contributed by atoms with E-state index in [1.807, 2.05) is 6.07 Å². The number of phenols is 1. The van der Waals surface area contributed by atoms with Crippen LogP contribution in [0.3, 0.4) is 0 Å². The van der Waals surface area contributed by atoms with Crippen molar-refractivity contribution in [3.05, 3.63) is 23.8 Å². The summed E-state index contributed by atoms with van der Waals surface area (Å²) >= 11 is 0. The Morgan fingerprint density at radius 2 is 2.14 bits per heavy atom. The zero-order valence-corrected chi connectivity index (χ0v) is 12.8. The van der Waals surface area contributed by atoms with Gasteiger partial charge in [-0.2, -0.15) is 0 Å². The number of carbonyl (C=O) groups excluding carboxylic acids is 1. The lowest BCUT2D eigenvalue weighted by molar-refractivity contribution is -0.132. The van der Waals surface area contributed by atoms with E-state index in [0.29, 0.717) is 6.04 Å². The maximum absolute atomic E-state index is 11.0. The molecule has 1 saturated heterocycles. The highest BCUT2D eigenvalue weighted by molar-refractivity contribution is 5.70. The number of benzene rings is 1. The van der Waals surface area contributed by atoms with Gasteiger partial charge >= 0.3 is 5.97 Å². The van der Waals surface area contributed by atoms with Crippen LogP contribution in [-0.2, 0) is 4.79 Å².